The van der Waals surface area contributed by atoms with Crippen LogP contribution in [0.1, 0.15) is 37.7 Å². The SMILES string of the molecule is O=C(O)[C@@H]1[C@@H](Cc2ccccc2)C(=O)N1C(=O)N[C@@H](C1CCCCC1)C(F)(F)F. The number of aliphatic carboxylic acids is 1. The molecule has 1 aromatic carbocycles. The zero-order chi connectivity index (χ0) is 21.2. The second kappa shape index (κ2) is 8.42. The largest absolute Gasteiger partial charge is 0.480 e. The molecule has 0 spiro atoms. The normalized spacial score (nSPS) is 24.0. The van der Waals surface area contributed by atoms with Gasteiger partial charge in [0.2, 0.25) is 5.91 Å². The predicted octanol–water partition coefficient (Wildman–Crippen LogP) is 3.36. The number of carbonyl (C=O) groups is 3. The summed E-state index contributed by atoms with van der Waals surface area (Å²) in [5.41, 5.74) is 0.715. The lowest BCUT2D eigenvalue weighted by Gasteiger charge is -2.44. The summed E-state index contributed by atoms with van der Waals surface area (Å²) in [6, 6.07) is 3.81. The Morgan fingerprint density at radius 2 is 1.76 bits per heavy atom. The Kier molecular flexibility index (Phi) is 6.14. The first-order valence-corrected chi connectivity index (χ1v) is 9.67. The lowest BCUT2D eigenvalue weighted by atomic mass is 9.82. The highest BCUT2D eigenvalue weighted by Crippen LogP contribution is 2.36. The lowest BCUT2D eigenvalue weighted by Crippen LogP contribution is -2.70. The van der Waals surface area contributed by atoms with Crippen LogP contribution in [0, 0.1) is 11.8 Å². The second-order valence-corrected chi connectivity index (χ2v) is 7.65. The number of halogens is 3. The highest BCUT2D eigenvalue weighted by molar-refractivity contribution is 6.07. The molecule has 0 unspecified atom stereocenters. The Bertz CT molecular complexity index is 763. The van der Waals surface area contributed by atoms with Crippen LogP contribution < -0.4 is 5.32 Å². The molecule has 2 N–H and O–H groups in total. The van der Waals surface area contributed by atoms with Gasteiger partial charge in [0.05, 0.1) is 5.92 Å². The minimum Gasteiger partial charge on any atom is -0.480 e. The van der Waals surface area contributed by atoms with Crippen LogP contribution in [-0.4, -0.2) is 46.2 Å². The highest BCUT2D eigenvalue weighted by atomic mass is 19.4. The summed E-state index contributed by atoms with van der Waals surface area (Å²) < 4.78 is 40.6. The number of likely N-dealkylation sites (tertiary alicyclic amines) is 1. The third kappa shape index (κ3) is 4.54. The lowest BCUT2D eigenvalue weighted by molar-refractivity contribution is -0.172. The maximum absolute atomic E-state index is 13.5. The van der Waals surface area contributed by atoms with Crippen molar-refractivity contribution in [1.29, 1.82) is 0 Å². The van der Waals surface area contributed by atoms with Crippen LogP contribution in [0.3, 0.4) is 0 Å². The van der Waals surface area contributed by atoms with Crippen molar-refractivity contribution in [2.45, 2.75) is 56.8 Å². The summed E-state index contributed by atoms with van der Waals surface area (Å²) in [4.78, 5) is 37.0. The van der Waals surface area contributed by atoms with E-state index in [0.717, 1.165) is 6.42 Å². The average molecular weight is 412 g/mol. The van der Waals surface area contributed by atoms with Crippen molar-refractivity contribution in [2.24, 2.45) is 11.8 Å². The Labute approximate surface area is 166 Å². The molecule has 158 valence electrons. The average Bonchev–Trinajstić information content (AvgIpc) is 2.68. The van der Waals surface area contributed by atoms with E-state index in [1.54, 1.807) is 30.3 Å². The van der Waals surface area contributed by atoms with E-state index in [2.05, 4.69) is 0 Å². The summed E-state index contributed by atoms with van der Waals surface area (Å²) in [6.07, 6.45) is -1.77. The standard InChI is InChI=1S/C20H23F3N2O4/c21-20(22,23)16(13-9-5-2-6-10-13)24-19(29)25-15(18(27)28)14(17(25)26)11-12-7-3-1-4-8-12/h1,3-4,7-8,13-16H,2,5-6,9-11H2,(H,24,29)(H,27,28)/t14-,15+,16+/m1/s1. The number of hydrogen-bond donors (Lipinski definition) is 2. The van der Waals surface area contributed by atoms with Crippen molar-refractivity contribution in [3.8, 4) is 0 Å². The number of carbonyl (C=O) groups excluding carboxylic acids is 2. The maximum Gasteiger partial charge on any atom is 0.408 e. The number of amides is 3. The summed E-state index contributed by atoms with van der Waals surface area (Å²) in [6.45, 7) is 0. The fourth-order valence-corrected chi connectivity index (χ4v) is 4.26. The highest BCUT2D eigenvalue weighted by Gasteiger charge is 2.56. The van der Waals surface area contributed by atoms with E-state index in [0.29, 0.717) is 36.1 Å². The van der Waals surface area contributed by atoms with E-state index in [1.807, 2.05) is 5.32 Å². The number of benzene rings is 1. The van der Waals surface area contributed by atoms with Gasteiger partial charge in [0.1, 0.15) is 6.04 Å². The number of imide groups is 1. The van der Waals surface area contributed by atoms with Crippen molar-refractivity contribution in [3.05, 3.63) is 35.9 Å². The van der Waals surface area contributed by atoms with Gasteiger partial charge in [-0.25, -0.2) is 14.5 Å². The molecule has 6 nitrogen and oxygen atoms in total. The number of nitrogens with zero attached hydrogens (tertiary/aromatic N) is 1. The fraction of sp³-hybridized carbons (Fsp3) is 0.550. The van der Waals surface area contributed by atoms with Gasteiger partial charge in [-0.1, -0.05) is 49.6 Å². The van der Waals surface area contributed by atoms with E-state index >= 15 is 0 Å². The number of hydrogen-bond acceptors (Lipinski definition) is 3. The molecule has 0 radical (unpaired) electrons. The van der Waals surface area contributed by atoms with Crippen molar-refractivity contribution in [1.82, 2.24) is 10.2 Å². The van der Waals surface area contributed by atoms with Gasteiger partial charge in [-0.3, -0.25) is 4.79 Å². The van der Waals surface area contributed by atoms with Gasteiger partial charge < -0.3 is 10.4 Å². The number of alkyl halides is 3. The summed E-state index contributed by atoms with van der Waals surface area (Å²) >= 11 is 0. The van der Waals surface area contributed by atoms with Crippen LogP contribution in [0.2, 0.25) is 0 Å². The van der Waals surface area contributed by atoms with Gasteiger partial charge in [0.25, 0.3) is 0 Å². The van der Waals surface area contributed by atoms with E-state index in [4.69, 9.17) is 0 Å². The molecule has 3 rings (SSSR count). The Hall–Kier alpha value is -2.58. The number of nitrogens with one attached hydrogen (secondary N) is 1. The summed E-state index contributed by atoms with van der Waals surface area (Å²) in [7, 11) is 0. The van der Waals surface area contributed by atoms with Crippen LogP contribution in [0.15, 0.2) is 30.3 Å². The third-order valence-electron chi connectivity index (χ3n) is 5.74. The Balaban J connectivity index is 1.73. The van der Waals surface area contributed by atoms with Crippen LogP contribution in [-0.2, 0) is 16.0 Å². The zero-order valence-electron chi connectivity index (χ0n) is 15.7. The van der Waals surface area contributed by atoms with Gasteiger partial charge in [0.15, 0.2) is 6.04 Å². The smallest absolute Gasteiger partial charge is 0.408 e. The monoisotopic (exact) mass is 412 g/mol. The first kappa shape index (κ1) is 21.1. The van der Waals surface area contributed by atoms with E-state index in [1.165, 1.54) is 0 Å². The first-order chi connectivity index (χ1) is 13.7. The van der Waals surface area contributed by atoms with Crippen LogP contribution in [0.25, 0.3) is 0 Å². The van der Waals surface area contributed by atoms with E-state index in [9.17, 15) is 32.7 Å². The molecule has 1 aliphatic carbocycles. The topological polar surface area (TPSA) is 86.7 Å². The van der Waals surface area contributed by atoms with Crippen LogP contribution >= 0.6 is 0 Å². The van der Waals surface area contributed by atoms with Gasteiger partial charge >= 0.3 is 18.2 Å². The molecular weight excluding hydrogens is 389 g/mol. The van der Waals surface area contributed by atoms with Crippen molar-refractivity contribution in [3.63, 3.8) is 0 Å². The molecular formula is C20H23F3N2O4. The molecule has 1 saturated carbocycles. The van der Waals surface area contributed by atoms with Crippen molar-refractivity contribution < 1.29 is 32.7 Å². The molecule has 0 aromatic heterocycles. The summed E-state index contributed by atoms with van der Waals surface area (Å²) in [5.74, 6) is -3.95. The third-order valence-corrected chi connectivity index (χ3v) is 5.74. The molecule has 9 heteroatoms. The molecule has 1 aliphatic heterocycles. The molecule has 1 saturated heterocycles. The first-order valence-electron chi connectivity index (χ1n) is 9.67. The zero-order valence-corrected chi connectivity index (χ0v) is 15.7. The quantitative estimate of drug-likeness (QED) is 0.726. The molecule has 1 heterocycles. The van der Waals surface area contributed by atoms with Gasteiger partial charge in [-0.05, 0) is 30.7 Å². The molecule has 1 aromatic rings. The second-order valence-electron chi connectivity index (χ2n) is 7.65. The van der Waals surface area contributed by atoms with Crippen LogP contribution in [0.5, 0.6) is 0 Å². The Morgan fingerprint density at radius 1 is 1.14 bits per heavy atom. The number of β-lactam (4-membered cyclic amide) rings is 1. The number of carboxylic acids is 1. The van der Waals surface area contributed by atoms with Gasteiger partial charge in [-0.15, -0.1) is 0 Å². The maximum atomic E-state index is 13.5. The van der Waals surface area contributed by atoms with Gasteiger partial charge in [-0.2, -0.15) is 13.2 Å². The number of rotatable bonds is 5. The van der Waals surface area contributed by atoms with E-state index < -0.39 is 48.0 Å². The minimum absolute atomic E-state index is 0.103. The summed E-state index contributed by atoms with van der Waals surface area (Å²) in [5, 5.41) is 11.4. The molecule has 2 fully saturated rings. The molecule has 3 amide bonds. The van der Waals surface area contributed by atoms with E-state index in [-0.39, 0.29) is 6.42 Å². The van der Waals surface area contributed by atoms with Crippen molar-refractivity contribution >= 4 is 17.9 Å². The number of carboxylic acid groups (broad SMARTS) is 1. The van der Waals surface area contributed by atoms with Crippen LogP contribution in [0.4, 0.5) is 18.0 Å². The predicted molar refractivity (Wildman–Crippen MR) is 96.9 cm³/mol. The fourth-order valence-electron chi connectivity index (χ4n) is 4.26. The minimum atomic E-state index is -4.67. The molecule has 3 atom stereocenters. The molecule has 29 heavy (non-hydrogen) atoms. The Morgan fingerprint density at radius 3 is 2.31 bits per heavy atom. The van der Waals surface area contributed by atoms with Crippen molar-refractivity contribution in [2.75, 3.05) is 0 Å². The van der Waals surface area contributed by atoms with Gasteiger partial charge in [0, 0.05) is 0 Å². The molecule has 0 bridgehead atoms. The number of urea groups is 1. The molecule has 2 aliphatic rings.